The maximum Gasteiger partial charge on any atom is 0.472 e. The predicted octanol–water partition coefficient (Wildman–Crippen LogP) is 25.0. The second-order valence-corrected chi connectivity index (χ2v) is 33.2. The van der Waals surface area contributed by atoms with Gasteiger partial charge in [-0.15, -0.1) is 0 Å². The van der Waals surface area contributed by atoms with Gasteiger partial charge in [0.15, 0.2) is 12.2 Å². The van der Waals surface area contributed by atoms with Crippen molar-refractivity contribution in [1.82, 2.24) is 0 Å². The van der Waals surface area contributed by atoms with Crippen LogP contribution in [-0.2, 0) is 65.4 Å². The predicted molar refractivity (Wildman–Crippen MR) is 423 cm³/mol. The third-order valence-electron chi connectivity index (χ3n) is 19.4. The number of hydrogen-bond donors (Lipinski definition) is 3. The number of allylic oxidation sites excluding steroid dienone is 4. The summed E-state index contributed by atoms with van der Waals surface area (Å²) in [5.41, 5.74) is 0. The summed E-state index contributed by atoms with van der Waals surface area (Å²) >= 11 is 0. The SMILES string of the molecule is CCCCCC/C=C\C=C/CCCCCCCC(=O)O[C@H](COC(=O)CCCCCCCCC(C)CC)COP(=O)(O)OC[C@H](O)COP(=O)(O)OC[C@@H](COC(=O)CCCCCCCCCCCCCCCC(C)C)OC(=O)CCCCCCCCCCCCCCCCCCCCCCCC. The number of phosphoric acid groups is 2. The number of carbonyl (C=O) groups is 4. The Labute approximate surface area is 631 Å². The Morgan fingerprint density at radius 1 is 0.320 bits per heavy atom. The molecule has 0 rings (SSSR count). The van der Waals surface area contributed by atoms with E-state index in [0.717, 1.165) is 121 Å². The first kappa shape index (κ1) is 101. The molecule has 6 atom stereocenters. The van der Waals surface area contributed by atoms with E-state index in [1.165, 1.54) is 218 Å². The maximum atomic E-state index is 13.1. The molecule has 0 spiro atoms. The molecule has 3 unspecified atom stereocenters. The van der Waals surface area contributed by atoms with E-state index < -0.39 is 97.5 Å². The number of rotatable bonds is 81. The second kappa shape index (κ2) is 75.0. The molecule has 0 amide bonds. The number of unbranched alkanes of at least 4 members (excludes halogenated alkanes) is 47. The summed E-state index contributed by atoms with van der Waals surface area (Å²) in [6, 6.07) is 0. The summed E-state index contributed by atoms with van der Waals surface area (Å²) < 4.78 is 68.7. The third-order valence-corrected chi connectivity index (χ3v) is 21.3. The van der Waals surface area contributed by atoms with E-state index in [2.05, 4.69) is 65.8 Å². The number of hydrogen-bond acceptors (Lipinski definition) is 15. The second-order valence-electron chi connectivity index (χ2n) is 30.3. The highest BCUT2D eigenvalue weighted by Crippen LogP contribution is 2.45. The van der Waals surface area contributed by atoms with E-state index in [1.807, 2.05) is 0 Å². The molecule has 0 radical (unpaired) electrons. The normalized spacial score (nSPS) is 14.3. The molecular weight excluding hydrogens is 1340 g/mol. The first-order chi connectivity index (χ1) is 49.9. The van der Waals surface area contributed by atoms with Gasteiger partial charge in [0.25, 0.3) is 0 Å². The fourth-order valence-corrected chi connectivity index (χ4v) is 14.1. The van der Waals surface area contributed by atoms with E-state index in [9.17, 15) is 43.2 Å². The van der Waals surface area contributed by atoms with Crippen LogP contribution < -0.4 is 0 Å². The number of esters is 4. The van der Waals surface area contributed by atoms with E-state index in [0.29, 0.717) is 25.7 Å². The molecule has 0 aliphatic carbocycles. The van der Waals surface area contributed by atoms with Crippen molar-refractivity contribution in [2.24, 2.45) is 11.8 Å². The highest BCUT2D eigenvalue weighted by atomic mass is 31.2. The van der Waals surface area contributed by atoms with Crippen LogP contribution in [0.5, 0.6) is 0 Å². The molecular formula is C84H160O17P2. The number of aliphatic hydroxyl groups is 1. The molecule has 0 aliphatic rings. The number of carbonyl (C=O) groups excluding carboxylic acids is 4. The highest BCUT2D eigenvalue weighted by molar-refractivity contribution is 7.47. The minimum Gasteiger partial charge on any atom is -0.462 e. The zero-order valence-corrected chi connectivity index (χ0v) is 68.9. The molecule has 17 nitrogen and oxygen atoms in total. The summed E-state index contributed by atoms with van der Waals surface area (Å²) in [4.78, 5) is 73.1. The van der Waals surface area contributed by atoms with Crippen molar-refractivity contribution >= 4 is 39.5 Å². The van der Waals surface area contributed by atoms with Crippen LogP contribution in [0.25, 0.3) is 0 Å². The molecule has 0 fully saturated rings. The Bertz CT molecular complexity index is 2070. The fraction of sp³-hybridized carbons (Fsp3) is 0.905. The molecule has 0 aromatic carbocycles. The monoisotopic (exact) mass is 1500 g/mol. The van der Waals surface area contributed by atoms with E-state index in [4.69, 9.17) is 37.0 Å². The van der Waals surface area contributed by atoms with E-state index >= 15 is 0 Å². The Hall–Kier alpha value is -2.46. The molecule has 0 bridgehead atoms. The van der Waals surface area contributed by atoms with Crippen molar-refractivity contribution in [3.8, 4) is 0 Å². The lowest BCUT2D eigenvalue weighted by molar-refractivity contribution is -0.161. The molecule has 19 heteroatoms. The minimum absolute atomic E-state index is 0.0843. The largest absolute Gasteiger partial charge is 0.472 e. The zero-order valence-electron chi connectivity index (χ0n) is 67.1. The van der Waals surface area contributed by atoms with Crippen LogP contribution in [0.1, 0.15) is 420 Å². The summed E-state index contributed by atoms with van der Waals surface area (Å²) in [7, 11) is -9.94. The van der Waals surface area contributed by atoms with Gasteiger partial charge >= 0.3 is 39.5 Å². The average molecular weight is 1500 g/mol. The molecule has 0 saturated heterocycles. The zero-order chi connectivity index (χ0) is 75.6. The maximum absolute atomic E-state index is 13.1. The fourth-order valence-electron chi connectivity index (χ4n) is 12.5. The molecule has 608 valence electrons. The van der Waals surface area contributed by atoms with Crippen molar-refractivity contribution < 1.29 is 80.2 Å². The van der Waals surface area contributed by atoms with Gasteiger partial charge in [-0.2, -0.15) is 0 Å². The standard InChI is InChI=1S/C84H160O17P2/c1-7-10-12-14-16-18-20-22-24-25-26-27-28-29-30-32-36-41-45-49-57-63-68-83(88)100-79(72-94-81(86)66-60-54-47-43-39-37-33-34-38-42-46-52-58-64-76(4)5)74-98-102(90,91)96-70-78(85)71-97-103(92,93)99-75-80(73-95-82(87)67-61-55-51-50-53-59-65-77(6)9-3)101-84(89)69-62-56-48-44-40-35-31-23-21-19-17-15-13-11-8-2/h19,21,23,31,76-80,85H,7-18,20,22,24-30,32-75H2,1-6H3,(H,90,91)(H,92,93)/b21-19-,31-23-/t77?,78-,79-,80-/m1/s1. The topological polar surface area (TPSA) is 237 Å². The smallest absolute Gasteiger partial charge is 0.462 e. The number of phosphoric ester groups is 2. The van der Waals surface area contributed by atoms with Gasteiger partial charge in [-0.05, 0) is 63.2 Å². The Morgan fingerprint density at radius 3 is 0.874 bits per heavy atom. The first-order valence-electron chi connectivity index (χ1n) is 42.8. The van der Waals surface area contributed by atoms with E-state index in [-0.39, 0.29) is 25.7 Å². The summed E-state index contributed by atoms with van der Waals surface area (Å²) in [5, 5.41) is 10.7. The van der Waals surface area contributed by atoms with Gasteiger partial charge in [0.05, 0.1) is 26.4 Å². The highest BCUT2D eigenvalue weighted by Gasteiger charge is 2.30. The Balaban J connectivity index is 5.25. The van der Waals surface area contributed by atoms with Gasteiger partial charge in [0, 0.05) is 25.7 Å². The summed E-state index contributed by atoms with van der Waals surface area (Å²) in [6.45, 7) is 9.55. The van der Waals surface area contributed by atoms with E-state index in [1.54, 1.807) is 0 Å². The van der Waals surface area contributed by atoms with Gasteiger partial charge < -0.3 is 33.8 Å². The molecule has 103 heavy (non-hydrogen) atoms. The van der Waals surface area contributed by atoms with Crippen LogP contribution in [-0.4, -0.2) is 96.7 Å². The van der Waals surface area contributed by atoms with Gasteiger partial charge in [-0.1, -0.05) is 368 Å². The lowest BCUT2D eigenvalue weighted by Gasteiger charge is -2.21. The molecule has 0 saturated carbocycles. The Morgan fingerprint density at radius 2 is 0.573 bits per heavy atom. The van der Waals surface area contributed by atoms with Crippen molar-refractivity contribution in [2.45, 2.75) is 439 Å². The van der Waals surface area contributed by atoms with Crippen LogP contribution in [0.15, 0.2) is 24.3 Å². The molecule has 0 aromatic heterocycles. The van der Waals surface area contributed by atoms with Crippen LogP contribution in [0.2, 0.25) is 0 Å². The van der Waals surface area contributed by atoms with Crippen molar-refractivity contribution in [3.63, 3.8) is 0 Å². The summed E-state index contributed by atoms with van der Waals surface area (Å²) in [5.74, 6) is -0.621. The molecule has 0 heterocycles. The van der Waals surface area contributed by atoms with Crippen LogP contribution >= 0.6 is 15.6 Å². The summed E-state index contributed by atoms with van der Waals surface area (Å²) in [6.07, 6.45) is 69.0. The Kier molecular flexibility index (Phi) is 73.2. The quantitative estimate of drug-likeness (QED) is 0.0169. The van der Waals surface area contributed by atoms with Crippen LogP contribution in [0.3, 0.4) is 0 Å². The van der Waals surface area contributed by atoms with Crippen molar-refractivity contribution in [3.05, 3.63) is 24.3 Å². The average Bonchev–Trinajstić information content (AvgIpc) is 0.920. The van der Waals surface area contributed by atoms with Gasteiger partial charge in [-0.3, -0.25) is 37.3 Å². The molecule has 0 aliphatic heterocycles. The van der Waals surface area contributed by atoms with Crippen molar-refractivity contribution in [2.75, 3.05) is 39.6 Å². The molecule has 3 N–H and O–H groups in total. The lowest BCUT2D eigenvalue weighted by Crippen LogP contribution is -2.30. The number of ether oxygens (including phenoxy) is 4. The van der Waals surface area contributed by atoms with Crippen molar-refractivity contribution in [1.29, 1.82) is 0 Å². The van der Waals surface area contributed by atoms with Crippen LogP contribution in [0, 0.1) is 11.8 Å². The van der Waals surface area contributed by atoms with Crippen LogP contribution in [0.4, 0.5) is 0 Å². The first-order valence-corrected chi connectivity index (χ1v) is 45.8. The number of aliphatic hydroxyl groups excluding tert-OH is 1. The van der Waals surface area contributed by atoms with Gasteiger partial charge in [-0.25, -0.2) is 9.13 Å². The van der Waals surface area contributed by atoms with Gasteiger partial charge in [0.2, 0.25) is 0 Å². The minimum atomic E-state index is -4.97. The van der Waals surface area contributed by atoms with Gasteiger partial charge in [0.1, 0.15) is 19.3 Å². The third kappa shape index (κ3) is 76.1. The molecule has 0 aromatic rings. The lowest BCUT2D eigenvalue weighted by atomic mass is 10.00.